The minimum absolute atomic E-state index is 0.104. The Morgan fingerprint density at radius 3 is 1.86 bits per heavy atom. The summed E-state index contributed by atoms with van der Waals surface area (Å²) in [5, 5.41) is 0.581. The summed E-state index contributed by atoms with van der Waals surface area (Å²) in [4.78, 5) is 17.2. The third-order valence-corrected chi connectivity index (χ3v) is 7.76. The van der Waals surface area contributed by atoms with Crippen LogP contribution in [0.4, 0.5) is 0 Å². The predicted molar refractivity (Wildman–Crippen MR) is 140 cm³/mol. The second kappa shape index (κ2) is 11.4. The van der Waals surface area contributed by atoms with Gasteiger partial charge in [-0.15, -0.1) is 0 Å². The molecule has 6 nitrogen and oxygen atoms in total. The predicted octanol–water partition coefficient (Wildman–Crippen LogP) is 4.04. The van der Waals surface area contributed by atoms with Gasteiger partial charge in [0.2, 0.25) is 15.9 Å². The van der Waals surface area contributed by atoms with Gasteiger partial charge in [0.25, 0.3) is 0 Å². The molecule has 3 aromatic rings. The second-order valence-electron chi connectivity index (χ2n) is 8.80. The number of sulfonamides is 1. The van der Waals surface area contributed by atoms with Crippen molar-refractivity contribution in [1.82, 2.24) is 14.1 Å². The number of amides is 1. The average Bonchev–Trinajstić information content (AvgIpc) is 2.86. The van der Waals surface area contributed by atoms with Crippen molar-refractivity contribution in [3.8, 4) is 0 Å². The molecule has 35 heavy (non-hydrogen) atoms. The Kier molecular flexibility index (Phi) is 8.23. The molecule has 0 aromatic heterocycles. The van der Waals surface area contributed by atoms with Crippen LogP contribution in [0.25, 0.3) is 0 Å². The van der Waals surface area contributed by atoms with Crippen molar-refractivity contribution in [1.29, 1.82) is 0 Å². The molecule has 1 fully saturated rings. The van der Waals surface area contributed by atoms with Crippen molar-refractivity contribution >= 4 is 27.5 Å². The van der Waals surface area contributed by atoms with Crippen LogP contribution in [0.1, 0.15) is 22.7 Å². The molecule has 1 saturated heterocycles. The normalized spacial score (nSPS) is 15.0. The van der Waals surface area contributed by atoms with E-state index in [0.29, 0.717) is 31.2 Å². The number of carbonyl (C=O) groups is 1. The maximum Gasteiger partial charge on any atom is 0.237 e. The molecule has 0 bridgehead atoms. The Morgan fingerprint density at radius 1 is 0.857 bits per heavy atom. The molecule has 184 valence electrons. The molecule has 1 aliphatic rings. The topological polar surface area (TPSA) is 60.9 Å². The van der Waals surface area contributed by atoms with Crippen LogP contribution in [0.3, 0.4) is 0 Å². The van der Waals surface area contributed by atoms with Crippen molar-refractivity contribution in [2.45, 2.75) is 12.6 Å². The van der Waals surface area contributed by atoms with Crippen molar-refractivity contribution in [2.24, 2.45) is 0 Å². The standard InChI is InChI=1S/C27H30ClN3O3S/c1-35(33,34)31(20-22-12-14-25(28)15-13-22)21-26(32)29-16-18-30(19-17-29)27(23-8-4-2-5-9-23)24-10-6-3-7-11-24/h2-15,27H,16-21H2,1H3. The molecule has 0 unspecified atom stereocenters. The number of piperazine rings is 1. The van der Waals surface area contributed by atoms with Gasteiger partial charge in [0.05, 0.1) is 18.8 Å². The molecule has 0 aliphatic carbocycles. The fourth-order valence-corrected chi connectivity index (χ4v) is 5.30. The highest BCUT2D eigenvalue weighted by molar-refractivity contribution is 7.88. The van der Waals surface area contributed by atoms with Crippen molar-refractivity contribution in [3.63, 3.8) is 0 Å². The number of nitrogens with zero attached hydrogens (tertiary/aromatic N) is 3. The summed E-state index contributed by atoms with van der Waals surface area (Å²) < 4.78 is 26.0. The van der Waals surface area contributed by atoms with Gasteiger partial charge in [0.1, 0.15) is 0 Å². The zero-order valence-corrected chi connectivity index (χ0v) is 21.3. The van der Waals surface area contributed by atoms with Gasteiger partial charge in [-0.3, -0.25) is 9.69 Å². The number of hydrogen-bond donors (Lipinski definition) is 0. The Balaban J connectivity index is 1.43. The molecule has 1 heterocycles. The molecule has 8 heteroatoms. The number of rotatable bonds is 8. The fourth-order valence-electron chi connectivity index (χ4n) is 4.45. The largest absolute Gasteiger partial charge is 0.339 e. The molecular formula is C27H30ClN3O3S. The number of halogens is 1. The van der Waals surface area contributed by atoms with Crippen LogP contribution < -0.4 is 0 Å². The highest BCUT2D eigenvalue weighted by atomic mass is 35.5. The van der Waals surface area contributed by atoms with E-state index in [4.69, 9.17) is 11.6 Å². The summed E-state index contributed by atoms with van der Waals surface area (Å²) in [6, 6.07) is 27.8. The number of carbonyl (C=O) groups excluding carboxylic acids is 1. The molecule has 4 rings (SSSR count). The molecule has 0 radical (unpaired) electrons. The van der Waals surface area contributed by atoms with Gasteiger partial charge in [-0.25, -0.2) is 8.42 Å². The number of hydrogen-bond acceptors (Lipinski definition) is 4. The average molecular weight is 512 g/mol. The first-order chi connectivity index (χ1) is 16.8. The maximum atomic E-state index is 13.1. The second-order valence-corrected chi connectivity index (χ2v) is 11.2. The minimum atomic E-state index is -3.56. The lowest BCUT2D eigenvalue weighted by atomic mass is 9.96. The molecular weight excluding hydrogens is 482 g/mol. The molecule has 1 amide bonds. The molecule has 0 N–H and O–H groups in total. The van der Waals surface area contributed by atoms with E-state index >= 15 is 0 Å². The van der Waals surface area contributed by atoms with Crippen molar-refractivity contribution in [3.05, 3.63) is 107 Å². The van der Waals surface area contributed by atoms with E-state index in [-0.39, 0.29) is 25.0 Å². The molecule has 3 aromatic carbocycles. The van der Waals surface area contributed by atoms with E-state index < -0.39 is 10.0 Å². The zero-order valence-electron chi connectivity index (χ0n) is 19.8. The fraction of sp³-hybridized carbons (Fsp3) is 0.296. The molecule has 0 atom stereocenters. The van der Waals surface area contributed by atoms with Gasteiger partial charge in [0.15, 0.2) is 0 Å². The van der Waals surface area contributed by atoms with E-state index in [1.165, 1.54) is 15.4 Å². The zero-order chi connectivity index (χ0) is 24.8. The quantitative estimate of drug-likeness (QED) is 0.458. The van der Waals surface area contributed by atoms with Crippen molar-refractivity contribution in [2.75, 3.05) is 39.0 Å². The lowest BCUT2D eigenvalue weighted by Gasteiger charge is -2.40. The van der Waals surface area contributed by atoms with Crippen LogP contribution in [-0.2, 0) is 21.4 Å². The third-order valence-electron chi connectivity index (χ3n) is 6.32. The summed E-state index contributed by atoms with van der Waals surface area (Å²) >= 11 is 5.94. The van der Waals surface area contributed by atoms with Gasteiger partial charge in [-0.2, -0.15) is 4.31 Å². The molecule has 0 spiro atoms. The first-order valence-electron chi connectivity index (χ1n) is 11.6. The lowest BCUT2D eigenvalue weighted by Crippen LogP contribution is -2.52. The van der Waals surface area contributed by atoms with Crippen LogP contribution in [0.2, 0.25) is 5.02 Å². The molecule has 1 aliphatic heterocycles. The van der Waals surface area contributed by atoms with Gasteiger partial charge >= 0.3 is 0 Å². The molecule has 0 saturated carbocycles. The van der Waals surface area contributed by atoms with Crippen LogP contribution in [0.5, 0.6) is 0 Å². The number of benzene rings is 3. The van der Waals surface area contributed by atoms with Gasteiger partial charge in [-0.1, -0.05) is 84.4 Å². The highest BCUT2D eigenvalue weighted by Gasteiger charge is 2.30. The van der Waals surface area contributed by atoms with Crippen LogP contribution >= 0.6 is 11.6 Å². The summed E-state index contributed by atoms with van der Waals surface area (Å²) in [6.45, 7) is 2.46. The SMILES string of the molecule is CS(=O)(=O)N(CC(=O)N1CCN(C(c2ccccc2)c2ccccc2)CC1)Cc1ccc(Cl)cc1. The summed E-state index contributed by atoms with van der Waals surface area (Å²) in [5.41, 5.74) is 3.21. The van der Waals surface area contributed by atoms with Crippen LogP contribution in [0, 0.1) is 0 Å². The summed E-state index contributed by atoms with van der Waals surface area (Å²) in [5.74, 6) is -0.181. The van der Waals surface area contributed by atoms with Crippen LogP contribution in [0.15, 0.2) is 84.9 Å². The van der Waals surface area contributed by atoms with E-state index in [1.807, 2.05) is 36.4 Å². The van der Waals surface area contributed by atoms with Crippen molar-refractivity contribution < 1.29 is 13.2 Å². The Morgan fingerprint density at radius 2 is 1.37 bits per heavy atom. The smallest absolute Gasteiger partial charge is 0.237 e. The first-order valence-corrected chi connectivity index (χ1v) is 13.8. The van der Waals surface area contributed by atoms with E-state index in [2.05, 4.69) is 29.2 Å². The van der Waals surface area contributed by atoms with Gasteiger partial charge in [0, 0.05) is 37.7 Å². The highest BCUT2D eigenvalue weighted by Crippen LogP contribution is 2.29. The lowest BCUT2D eigenvalue weighted by molar-refractivity contribution is -0.133. The van der Waals surface area contributed by atoms with Gasteiger partial charge < -0.3 is 4.90 Å². The third kappa shape index (κ3) is 6.70. The van der Waals surface area contributed by atoms with E-state index in [9.17, 15) is 13.2 Å². The maximum absolute atomic E-state index is 13.1. The first kappa shape index (κ1) is 25.4. The monoisotopic (exact) mass is 511 g/mol. The summed E-state index contributed by atoms with van der Waals surface area (Å²) in [6.07, 6.45) is 1.14. The summed E-state index contributed by atoms with van der Waals surface area (Å²) in [7, 11) is -3.56. The van der Waals surface area contributed by atoms with E-state index in [1.54, 1.807) is 29.2 Å². The Bertz CT molecular complexity index is 1170. The van der Waals surface area contributed by atoms with Crippen LogP contribution in [-0.4, -0.2) is 67.4 Å². The minimum Gasteiger partial charge on any atom is -0.339 e. The van der Waals surface area contributed by atoms with Gasteiger partial charge in [-0.05, 0) is 28.8 Å². The van der Waals surface area contributed by atoms with E-state index in [0.717, 1.165) is 11.8 Å². The Hall–Kier alpha value is -2.71. The Labute approximate surface area is 212 Å².